The first kappa shape index (κ1) is 16.5. The summed E-state index contributed by atoms with van der Waals surface area (Å²) in [6.45, 7) is 4.00. The number of carbonyl (C=O) groups is 1. The second kappa shape index (κ2) is 7.49. The number of esters is 1. The molecule has 2 aromatic rings. The third kappa shape index (κ3) is 3.77. The highest BCUT2D eigenvalue weighted by Gasteiger charge is 2.24. The van der Waals surface area contributed by atoms with Gasteiger partial charge in [0.1, 0.15) is 6.61 Å². The van der Waals surface area contributed by atoms with E-state index in [2.05, 4.69) is 11.6 Å². The van der Waals surface area contributed by atoms with Gasteiger partial charge in [-0.15, -0.1) is 0 Å². The van der Waals surface area contributed by atoms with Crippen LogP contribution in [-0.4, -0.2) is 25.6 Å². The molecule has 1 aliphatic rings. The van der Waals surface area contributed by atoms with Crippen LogP contribution in [0.15, 0.2) is 71.9 Å². The molecule has 0 spiro atoms. The number of benzene rings is 2. The molecule has 0 saturated heterocycles. The van der Waals surface area contributed by atoms with E-state index in [1.54, 1.807) is 31.4 Å². The fourth-order valence-corrected chi connectivity index (χ4v) is 2.31. The molecule has 0 saturated carbocycles. The van der Waals surface area contributed by atoms with E-state index < -0.39 is 5.97 Å². The highest BCUT2D eigenvalue weighted by atomic mass is 16.6. The molecule has 0 aliphatic carbocycles. The van der Waals surface area contributed by atoms with Gasteiger partial charge in [0.15, 0.2) is 17.2 Å². The number of methoxy groups -OCH3 is 1. The normalized spacial score (nSPS) is 14.8. The first-order valence-corrected chi connectivity index (χ1v) is 7.71. The van der Waals surface area contributed by atoms with Crippen LogP contribution >= 0.6 is 0 Å². The molecule has 1 aliphatic heterocycles. The van der Waals surface area contributed by atoms with Crippen molar-refractivity contribution in [3.8, 4) is 11.5 Å². The Balaban J connectivity index is 1.88. The van der Waals surface area contributed by atoms with Gasteiger partial charge in [0.05, 0.1) is 7.11 Å². The molecule has 0 amide bonds. The van der Waals surface area contributed by atoms with Crippen molar-refractivity contribution in [2.45, 2.75) is 0 Å². The van der Waals surface area contributed by atoms with Crippen molar-refractivity contribution in [3.63, 3.8) is 0 Å². The molecule has 0 radical (unpaired) electrons. The van der Waals surface area contributed by atoms with Gasteiger partial charge in [-0.2, -0.15) is 0 Å². The maximum absolute atomic E-state index is 12.1. The molecule has 1 heterocycles. The summed E-state index contributed by atoms with van der Waals surface area (Å²) in [5, 5.41) is 0. The molecular formula is C20H17NO4. The van der Waals surface area contributed by atoms with Gasteiger partial charge in [0.25, 0.3) is 0 Å². The summed E-state index contributed by atoms with van der Waals surface area (Å²) in [7, 11) is 1.56. The van der Waals surface area contributed by atoms with Gasteiger partial charge >= 0.3 is 5.97 Å². The average Bonchev–Trinajstić information content (AvgIpc) is 3.02. The summed E-state index contributed by atoms with van der Waals surface area (Å²) < 4.78 is 16.1. The second-order valence-corrected chi connectivity index (χ2v) is 5.21. The zero-order chi connectivity index (χ0) is 17.6. The van der Waals surface area contributed by atoms with Crippen LogP contribution in [0.25, 0.3) is 6.08 Å². The van der Waals surface area contributed by atoms with Crippen molar-refractivity contribution in [2.24, 2.45) is 4.99 Å². The molecule has 5 heteroatoms. The average molecular weight is 335 g/mol. The number of aliphatic imine (C=N–C) groups is 1. The molecule has 126 valence electrons. The first-order chi connectivity index (χ1) is 12.2. The molecule has 2 aromatic carbocycles. The van der Waals surface area contributed by atoms with Crippen molar-refractivity contribution in [1.82, 2.24) is 0 Å². The van der Waals surface area contributed by atoms with Gasteiger partial charge < -0.3 is 14.2 Å². The van der Waals surface area contributed by atoms with Gasteiger partial charge in [-0.25, -0.2) is 9.79 Å². The Morgan fingerprint density at radius 2 is 1.96 bits per heavy atom. The summed E-state index contributed by atoms with van der Waals surface area (Å²) in [6, 6.07) is 14.6. The maximum atomic E-state index is 12.1. The van der Waals surface area contributed by atoms with Gasteiger partial charge in [-0.05, 0) is 35.9 Å². The van der Waals surface area contributed by atoms with Crippen LogP contribution in [0.5, 0.6) is 11.5 Å². The standard InChI is InChI=1S/C20H17NO4/c1-3-11-24-17-10-9-14(13-18(17)23-2)12-16-20(22)25-19(21-16)15-7-5-4-6-8-15/h3-10,12-13H,1,11H2,2H3/b16-12-. The number of rotatable bonds is 6. The molecule has 0 bridgehead atoms. The predicted molar refractivity (Wildman–Crippen MR) is 95.7 cm³/mol. The number of ether oxygens (including phenoxy) is 3. The smallest absolute Gasteiger partial charge is 0.363 e. The predicted octanol–water partition coefficient (Wildman–Crippen LogP) is 3.60. The summed E-state index contributed by atoms with van der Waals surface area (Å²) in [5.41, 5.74) is 1.75. The molecule has 0 atom stereocenters. The summed E-state index contributed by atoms with van der Waals surface area (Å²) >= 11 is 0. The van der Waals surface area contributed by atoms with E-state index in [0.717, 1.165) is 11.1 Å². The number of cyclic esters (lactones) is 1. The van der Waals surface area contributed by atoms with Crippen LogP contribution in [0.3, 0.4) is 0 Å². The Morgan fingerprint density at radius 3 is 2.68 bits per heavy atom. The number of carbonyl (C=O) groups excluding carboxylic acids is 1. The molecule has 0 aromatic heterocycles. The van der Waals surface area contributed by atoms with Crippen LogP contribution in [-0.2, 0) is 9.53 Å². The Bertz CT molecular complexity index is 853. The number of hydrogen-bond donors (Lipinski definition) is 0. The largest absolute Gasteiger partial charge is 0.493 e. The van der Waals surface area contributed by atoms with E-state index in [9.17, 15) is 4.79 Å². The molecule has 0 N–H and O–H groups in total. The van der Waals surface area contributed by atoms with E-state index in [4.69, 9.17) is 14.2 Å². The molecular weight excluding hydrogens is 318 g/mol. The van der Waals surface area contributed by atoms with Crippen molar-refractivity contribution >= 4 is 17.9 Å². The van der Waals surface area contributed by atoms with E-state index in [1.165, 1.54) is 0 Å². The SMILES string of the molecule is C=CCOc1ccc(/C=C2\N=C(c3ccccc3)OC2=O)cc1OC. The van der Waals surface area contributed by atoms with Crippen molar-refractivity contribution < 1.29 is 19.0 Å². The van der Waals surface area contributed by atoms with Gasteiger partial charge in [0, 0.05) is 5.56 Å². The fourth-order valence-electron chi connectivity index (χ4n) is 2.31. The lowest BCUT2D eigenvalue weighted by Crippen LogP contribution is -2.04. The Kier molecular flexibility index (Phi) is 4.95. The molecule has 0 unspecified atom stereocenters. The lowest BCUT2D eigenvalue weighted by atomic mass is 10.1. The zero-order valence-corrected chi connectivity index (χ0v) is 13.8. The van der Waals surface area contributed by atoms with E-state index in [0.29, 0.717) is 24.0 Å². The summed E-state index contributed by atoms with van der Waals surface area (Å²) in [4.78, 5) is 16.3. The molecule has 5 nitrogen and oxygen atoms in total. The highest BCUT2D eigenvalue weighted by molar-refractivity contribution is 6.12. The number of nitrogens with zero attached hydrogens (tertiary/aromatic N) is 1. The topological polar surface area (TPSA) is 57.1 Å². The maximum Gasteiger partial charge on any atom is 0.363 e. The van der Waals surface area contributed by atoms with E-state index in [1.807, 2.05) is 36.4 Å². The Labute approximate surface area is 145 Å². The summed E-state index contributed by atoms with van der Waals surface area (Å²) in [6.07, 6.45) is 3.31. The van der Waals surface area contributed by atoms with Gasteiger partial charge in [-0.3, -0.25) is 0 Å². The van der Waals surface area contributed by atoms with Crippen molar-refractivity contribution in [2.75, 3.05) is 13.7 Å². The molecule has 3 rings (SSSR count). The third-order valence-electron chi connectivity index (χ3n) is 3.49. The van der Waals surface area contributed by atoms with Crippen LogP contribution in [0, 0.1) is 0 Å². The Morgan fingerprint density at radius 1 is 1.16 bits per heavy atom. The summed E-state index contributed by atoms with van der Waals surface area (Å²) in [5.74, 6) is 0.987. The lowest BCUT2D eigenvalue weighted by molar-refractivity contribution is -0.129. The minimum absolute atomic E-state index is 0.237. The van der Waals surface area contributed by atoms with Crippen LogP contribution in [0.1, 0.15) is 11.1 Å². The first-order valence-electron chi connectivity index (χ1n) is 7.71. The molecule has 0 fully saturated rings. The van der Waals surface area contributed by atoms with Crippen molar-refractivity contribution in [3.05, 3.63) is 78.0 Å². The van der Waals surface area contributed by atoms with E-state index >= 15 is 0 Å². The molecule has 25 heavy (non-hydrogen) atoms. The third-order valence-corrected chi connectivity index (χ3v) is 3.49. The van der Waals surface area contributed by atoms with Crippen LogP contribution in [0.4, 0.5) is 0 Å². The van der Waals surface area contributed by atoms with Crippen LogP contribution in [0.2, 0.25) is 0 Å². The minimum Gasteiger partial charge on any atom is -0.493 e. The van der Waals surface area contributed by atoms with Gasteiger partial charge in [0.2, 0.25) is 5.90 Å². The second-order valence-electron chi connectivity index (χ2n) is 5.21. The van der Waals surface area contributed by atoms with Crippen LogP contribution < -0.4 is 9.47 Å². The van der Waals surface area contributed by atoms with E-state index in [-0.39, 0.29) is 5.70 Å². The fraction of sp³-hybridized carbons (Fsp3) is 0.100. The number of hydrogen-bond acceptors (Lipinski definition) is 5. The van der Waals surface area contributed by atoms with Gasteiger partial charge in [-0.1, -0.05) is 36.9 Å². The monoisotopic (exact) mass is 335 g/mol. The quantitative estimate of drug-likeness (QED) is 0.460. The highest BCUT2D eigenvalue weighted by Crippen LogP contribution is 2.29. The van der Waals surface area contributed by atoms with Crippen molar-refractivity contribution in [1.29, 1.82) is 0 Å². The lowest BCUT2D eigenvalue weighted by Gasteiger charge is -2.09. The minimum atomic E-state index is -0.482. The Hall–Kier alpha value is -3.34. The zero-order valence-electron chi connectivity index (χ0n) is 13.8.